The van der Waals surface area contributed by atoms with Crippen molar-refractivity contribution in [2.24, 2.45) is 0 Å². The van der Waals surface area contributed by atoms with E-state index >= 15 is 0 Å². The molecule has 0 unspecified atom stereocenters. The van der Waals surface area contributed by atoms with Gasteiger partial charge < -0.3 is 10.5 Å². The lowest BCUT2D eigenvalue weighted by atomic mass is 10.1. The number of nitrogens with two attached hydrogens (primary N) is 1. The summed E-state index contributed by atoms with van der Waals surface area (Å²) in [4.78, 5) is 15.2. The lowest BCUT2D eigenvalue weighted by Crippen LogP contribution is -2.10. The molecular weight excluding hydrogens is 228 g/mol. The topological polar surface area (TPSA) is 65.2 Å². The molecule has 5 heteroatoms. The highest BCUT2D eigenvalue weighted by molar-refractivity contribution is 6.30. The second-order valence-electron chi connectivity index (χ2n) is 2.72. The predicted octanol–water partition coefficient (Wildman–Crippen LogP) is 2.83. The first-order valence-electron chi connectivity index (χ1n) is 5.15. The number of aromatic nitrogens is 1. The first-order chi connectivity index (χ1) is 7.57. The number of nitrogen functional groups attached to an aromatic ring is 1. The van der Waals surface area contributed by atoms with Crippen LogP contribution in [0.2, 0.25) is 5.15 Å². The molecule has 4 nitrogen and oxygen atoms in total. The van der Waals surface area contributed by atoms with Crippen molar-refractivity contribution in [3.05, 3.63) is 22.5 Å². The van der Waals surface area contributed by atoms with Gasteiger partial charge in [-0.25, -0.2) is 9.78 Å². The molecule has 1 aromatic rings. The van der Waals surface area contributed by atoms with Gasteiger partial charge in [0.05, 0.1) is 12.3 Å². The molecule has 0 aromatic carbocycles. The molecule has 0 fully saturated rings. The third-order valence-corrected chi connectivity index (χ3v) is 2.19. The van der Waals surface area contributed by atoms with E-state index in [4.69, 9.17) is 22.1 Å². The van der Waals surface area contributed by atoms with E-state index in [1.165, 1.54) is 6.20 Å². The summed E-state index contributed by atoms with van der Waals surface area (Å²) in [6.45, 7) is 7.73. The van der Waals surface area contributed by atoms with E-state index in [2.05, 4.69) is 4.98 Å². The minimum Gasteiger partial charge on any atom is -0.462 e. The van der Waals surface area contributed by atoms with E-state index in [0.29, 0.717) is 23.0 Å². The van der Waals surface area contributed by atoms with Crippen LogP contribution in [0.4, 0.5) is 5.69 Å². The maximum atomic E-state index is 11.3. The Morgan fingerprint density at radius 1 is 1.56 bits per heavy atom. The monoisotopic (exact) mass is 244 g/mol. The van der Waals surface area contributed by atoms with Crippen molar-refractivity contribution in [1.82, 2.24) is 4.98 Å². The van der Waals surface area contributed by atoms with Crippen molar-refractivity contribution < 1.29 is 9.53 Å². The molecule has 0 atom stereocenters. The molecule has 0 bridgehead atoms. The van der Waals surface area contributed by atoms with E-state index in [0.717, 1.165) is 0 Å². The molecule has 0 aliphatic carbocycles. The number of ether oxygens (including phenoxy) is 1. The fourth-order valence-electron chi connectivity index (χ4n) is 0.972. The van der Waals surface area contributed by atoms with Crippen LogP contribution in [0.5, 0.6) is 0 Å². The summed E-state index contributed by atoms with van der Waals surface area (Å²) in [7, 11) is 0. The molecule has 0 amide bonds. The van der Waals surface area contributed by atoms with Gasteiger partial charge in [0.1, 0.15) is 10.7 Å². The second-order valence-corrected chi connectivity index (χ2v) is 3.08. The van der Waals surface area contributed by atoms with Crippen molar-refractivity contribution in [3.63, 3.8) is 0 Å². The molecule has 0 radical (unpaired) electrons. The van der Waals surface area contributed by atoms with Gasteiger partial charge >= 0.3 is 5.97 Å². The summed E-state index contributed by atoms with van der Waals surface area (Å²) in [6, 6.07) is 0. The maximum Gasteiger partial charge on any atom is 0.341 e. The largest absolute Gasteiger partial charge is 0.462 e. The highest BCUT2D eigenvalue weighted by atomic mass is 35.5. The molecule has 0 spiro atoms. The third-order valence-electron chi connectivity index (χ3n) is 1.81. The van der Waals surface area contributed by atoms with E-state index in [1.807, 2.05) is 13.8 Å². The Morgan fingerprint density at radius 2 is 2.12 bits per heavy atom. The molecular formula is C11H17ClN2O2. The van der Waals surface area contributed by atoms with E-state index in [1.54, 1.807) is 13.8 Å². The number of rotatable bonds is 2. The lowest BCUT2D eigenvalue weighted by Gasteiger charge is -2.07. The van der Waals surface area contributed by atoms with Gasteiger partial charge in [0.2, 0.25) is 0 Å². The molecule has 0 saturated carbocycles. The fourth-order valence-corrected chi connectivity index (χ4v) is 1.12. The van der Waals surface area contributed by atoms with E-state index in [9.17, 15) is 4.79 Å². The highest BCUT2D eigenvalue weighted by Crippen LogP contribution is 2.22. The minimum atomic E-state index is -0.475. The average molecular weight is 245 g/mol. The zero-order valence-electron chi connectivity index (χ0n) is 10.0. The van der Waals surface area contributed by atoms with Gasteiger partial charge in [0.15, 0.2) is 0 Å². The Bertz CT molecular complexity index is 367. The van der Waals surface area contributed by atoms with Gasteiger partial charge in [-0.15, -0.1) is 0 Å². The molecule has 90 valence electrons. The van der Waals surface area contributed by atoms with Crippen LogP contribution >= 0.6 is 11.6 Å². The van der Waals surface area contributed by atoms with Crippen molar-refractivity contribution in [2.75, 3.05) is 12.3 Å². The summed E-state index contributed by atoms with van der Waals surface area (Å²) >= 11 is 5.72. The Hall–Kier alpha value is -1.29. The molecule has 0 aliphatic heterocycles. The number of halogens is 1. The second kappa shape index (κ2) is 7.06. The number of esters is 1. The first kappa shape index (κ1) is 14.7. The van der Waals surface area contributed by atoms with Gasteiger partial charge in [-0.3, -0.25) is 0 Å². The first-order valence-corrected chi connectivity index (χ1v) is 5.53. The van der Waals surface area contributed by atoms with Gasteiger partial charge in [-0.05, 0) is 13.8 Å². The Labute approximate surface area is 101 Å². The molecule has 0 saturated heterocycles. The number of hydrogen-bond acceptors (Lipinski definition) is 4. The van der Waals surface area contributed by atoms with Crippen LogP contribution in [0.15, 0.2) is 6.20 Å². The Balaban J connectivity index is 0.00000106. The van der Waals surface area contributed by atoms with Crippen LogP contribution < -0.4 is 5.73 Å². The summed E-state index contributed by atoms with van der Waals surface area (Å²) < 4.78 is 4.80. The quantitative estimate of drug-likeness (QED) is 0.642. The molecule has 0 aliphatic rings. The molecule has 2 N–H and O–H groups in total. The van der Waals surface area contributed by atoms with Crippen LogP contribution in [-0.4, -0.2) is 17.6 Å². The number of carbonyl (C=O) groups excluding carboxylic acids is 1. The number of nitrogens with zero attached hydrogens (tertiary/aromatic N) is 1. The number of pyridine rings is 1. The number of anilines is 1. The van der Waals surface area contributed by atoms with Crippen molar-refractivity contribution in [1.29, 1.82) is 0 Å². The van der Waals surface area contributed by atoms with Crippen molar-refractivity contribution >= 4 is 23.3 Å². The summed E-state index contributed by atoms with van der Waals surface area (Å²) in [5, 5.41) is 0.301. The Kier molecular flexibility index (Phi) is 6.49. The normalized spacial score (nSPS) is 9.06. The Morgan fingerprint density at radius 3 is 2.62 bits per heavy atom. The number of hydrogen-bond donors (Lipinski definition) is 1. The van der Waals surface area contributed by atoms with Crippen LogP contribution in [0.3, 0.4) is 0 Å². The van der Waals surface area contributed by atoms with Crippen LogP contribution in [0, 0.1) is 6.92 Å². The predicted molar refractivity (Wildman–Crippen MR) is 65.7 cm³/mol. The van der Waals surface area contributed by atoms with Crippen molar-refractivity contribution in [2.45, 2.75) is 27.7 Å². The standard InChI is InChI=1S/C9H11ClN2O2.C2H6/c1-3-14-9(13)6-4-12-8(10)5(2)7(6)11;1-2/h4H,3H2,1-2H3,(H2,11,12);1-2H3. The molecule has 1 rings (SSSR count). The minimum absolute atomic E-state index is 0.258. The third kappa shape index (κ3) is 3.38. The van der Waals surface area contributed by atoms with Crippen LogP contribution in [0.25, 0.3) is 0 Å². The van der Waals surface area contributed by atoms with E-state index in [-0.39, 0.29) is 5.56 Å². The lowest BCUT2D eigenvalue weighted by molar-refractivity contribution is 0.0527. The average Bonchev–Trinajstić information content (AvgIpc) is 2.29. The summed E-state index contributed by atoms with van der Waals surface area (Å²) in [5.74, 6) is -0.475. The molecule has 16 heavy (non-hydrogen) atoms. The molecule has 1 aromatic heterocycles. The summed E-state index contributed by atoms with van der Waals surface area (Å²) in [5.41, 5.74) is 6.86. The number of carbonyl (C=O) groups is 1. The SMILES string of the molecule is CC.CCOC(=O)c1cnc(Cl)c(C)c1N. The van der Waals surface area contributed by atoms with Crippen LogP contribution in [-0.2, 0) is 4.74 Å². The summed E-state index contributed by atoms with van der Waals surface area (Å²) in [6.07, 6.45) is 1.32. The molecule has 1 heterocycles. The van der Waals surface area contributed by atoms with Gasteiger partial charge in [0, 0.05) is 11.8 Å². The van der Waals surface area contributed by atoms with E-state index < -0.39 is 5.97 Å². The van der Waals surface area contributed by atoms with Crippen molar-refractivity contribution in [3.8, 4) is 0 Å². The highest BCUT2D eigenvalue weighted by Gasteiger charge is 2.14. The van der Waals surface area contributed by atoms with Crippen LogP contribution in [0.1, 0.15) is 36.7 Å². The maximum absolute atomic E-state index is 11.3. The zero-order chi connectivity index (χ0) is 12.7. The van der Waals surface area contributed by atoms with Gasteiger partial charge in [-0.1, -0.05) is 25.4 Å². The fraction of sp³-hybridized carbons (Fsp3) is 0.455. The zero-order valence-corrected chi connectivity index (χ0v) is 10.8. The smallest absolute Gasteiger partial charge is 0.341 e. The van der Waals surface area contributed by atoms with Gasteiger partial charge in [-0.2, -0.15) is 0 Å². The van der Waals surface area contributed by atoms with Gasteiger partial charge in [0.25, 0.3) is 0 Å².